The van der Waals surface area contributed by atoms with Gasteiger partial charge in [0, 0.05) is 17.0 Å². The fourth-order valence-electron chi connectivity index (χ4n) is 1.62. The van der Waals surface area contributed by atoms with Gasteiger partial charge in [-0.3, -0.25) is 0 Å². The van der Waals surface area contributed by atoms with E-state index in [-0.39, 0.29) is 5.54 Å². The first-order valence-corrected chi connectivity index (χ1v) is 7.51. The van der Waals surface area contributed by atoms with Crippen LogP contribution in [0.3, 0.4) is 0 Å². The normalized spacial score (nSPS) is 11.7. The maximum absolute atomic E-state index is 5.32. The Bertz CT molecular complexity index is 482. The lowest BCUT2D eigenvalue weighted by Crippen LogP contribution is -2.35. The van der Waals surface area contributed by atoms with Crippen molar-refractivity contribution < 1.29 is 4.42 Å². The van der Waals surface area contributed by atoms with Crippen molar-refractivity contribution in [3.8, 4) is 0 Å². The summed E-state index contributed by atoms with van der Waals surface area (Å²) in [6.45, 7) is 7.45. The second-order valence-electron chi connectivity index (χ2n) is 5.62. The van der Waals surface area contributed by atoms with Gasteiger partial charge in [0.2, 0.25) is 0 Å². The lowest BCUT2D eigenvalue weighted by atomic mass is 10.1. The molecule has 0 aliphatic carbocycles. The molecule has 0 spiro atoms. The van der Waals surface area contributed by atoms with Gasteiger partial charge in [-0.25, -0.2) is 0 Å². The van der Waals surface area contributed by atoms with Crippen LogP contribution in [-0.4, -0.2) is 5.54 Å². The average molecular weight is 275 g/mol. The van der Waals surface area contributed by atoms with Gasteiger partial charge in [0.1, 0.15) is 5.76 Å². The number of rotatable bonds is 5. The molecule has 0 saturated heterocycles. The van der Waals surface area contributed by atoms with Crippen molar-refractivity contribution in [2.75, 3.05) is 0 Å². The van der Waals surface area contributed by atoms with E-state index < -0.39 is 0 Å². The number of hydrogen-bond acceptors (Lipinski definition) is 3. The Labute approximate surface area is 119 Å². The van der Waals surface area contributed by atoms with Crippen molar-refractivity contribution in [1.82, 2.24) is 5.32 Å². The Morgan fingerprint density at radius 2 is 1.84 bits per heavy atom. The SMILES string of the molecule is CC(C)(C)NCc1ccc(SCc2ccco2)cc1. The highest BCUT2D eigenvalue weighted by atomic mass is 32.2. The molecule has 0 radical (unpaired) electrons. The molecule has 0 unspecified atom stereocenters. The second kappa shape index (κ2) is 6.31. The molecule has 2 rings (SSSR count). The van der Waals surface area contributed by atoms with Crippen LogP contribution in [0.5, 0.6) is 0 Å². The summed E-state index contributed by atoms with van der Waals surface area (Å²) < 4.78 is 5.32. The third-order valence-electron chi connectivity index (χ3n) is 2.71. The number of hydrogen-bond donors (Lipinski definition) is 1. The zero-order valence-corrected chi connectivity index (χ0v) is 12.6. The van der Waals surface area contributed by atoms with Gasteiger partial charge in [-0.15, -0.1) is 11.8 Å². The van der Waals surface area contributed by atoms with E-state index in [2.05, 4.69) is 50.4 Å². The Morgan fingerprint density at radius 3 is 2.42 bits per heavy atom. The highest BCUT2D eigenvalue weighted by Gasteiger charge is 2.08. The lowest BCUT2D eigenvalue weighted by molar-refractivity contribution is 0.424. The van der Waals surface area contributed by atoms with E-state index in [4.69, 9.17) is 4.42 Å². The summed E-state index contributed by atoms with van der Waals surface area (Å²) in [6, 6.07) is 12.7. The molecule has 1 N–H and O–H groups in total. The number of nitrogens with one attached hydrogen (secondary N) is 1. The predicted octanol–water partition coefficient (Wildman–Crippen LogP) is 4.46. The Hall–Kier alpha value is -1.19. The smallest absolute Gasteiger partial charge is 0.113 e. The molecular weight excluding hydrogens is 254 g/mol. The van der Waals surface area contributed by atoms with E-state index in [1.165, 1.54) is 10.5 Å². The quantitative estimate of drug-likeness (QED) is 0.816. The Morgan fingerprint density at radius 1 is 1.11 bits per heavy atom. The summed E-state index contributed by atoms with van der Waals surface area (Å²) >= 11 is 1.80. The second-order valence-corrected chi connectivity index (χ2v) is 6.66. The van der Waals surface area contributed by atoms with Crippen LogP contribution in [-0.2, 0) is 12.3 Å². The Balaban J connectivity index is 1.84. The van der Waals surface area contributed by atoms with Gasteiger partial charge in [0.05, 0.1) is 12.0 Å². The van der Waals surface area contributed by atoms with Gasteiger partial charge in [0.15, 0.2) is 0 Å². The molecule has 102 valence electrons. The van der Waals surface area contributed by atoms with E-state index in [1.54, 1.807) is 18.0 Å². The predicted molar refractivity (Wildman–Crippen MR) is 81.3 cm³/mol. The Kier molecular flexibility index (Phi) is 4.72. The minimum atomic E-state index is 0.159. The number of benzene rings is 1. The molecule has 0 aliphatic rings. The van der Waals surface area contributed by atoms with Crippen LogP contribution in [0.2, 0.25) is 0 Å². The number of furan rings is 1. The maximum Gasteiger partial charge on any atom is 0.113 e. The van der Waals surface area contributed by atoms with Crippen molar-refractivity contribution in [1.29, 1.82) is 0 Å². The van der Waals surface area contributed by atoms with Crippen LogP contribution < -0.4 is 5.32 Å². The molecular formula is C16H21NOS. The van der Waals surface area contributed by atoms with E-state index >= 15 is 0 Å². The van der Waals surface area contributed by atoms with Gasteiger partial charge in [-0.05, 0) is 50.6 Å². The lowest BCUT2D eigenvalue weighted by Gasteiger charge is -2.20. The van der Waals surface area contributed by atoms with Crippen LogP contribution in [0, 0.1) is 0 Å². The van der Waals surface area contributed by atoms with E-state index in [0.717, 1.165) is 18.1 Å². The molecule has 2 nitrogen and oxygen atoms in total. The van der Waals surface area contributed by atoms with Gasteiger partial charge < -0.3 is 9.73 Å². The minimum Gasteiger partial charge on any atom is -0.468 e. The third-order valence-corrected chi connectivity index (χ3v) is 3.74. The van der Waals surface area contributed by atoms with Crippen LogP contribution in [0.1, 0.15) is 32.1 Å². The summed E-state index contributed by atoms with van der Waals surface area (Å²) in [5.74, 6) is 1.90. The molecule has 0 atom stereocenters. The maximum atomic E-state index is 5.32. The highest BCUT2D eigenvalue weighted by Crippen LogP contribution is 2.23. The van der Waals surface area contributed by atoms with Crippen molar-refractivity contribution >= 4 is 11.8 Å². The minimum absolute atomic E-state index is 0.159. The summed E-state index contributed by atoms with van der Waals surface area (Å²) in [5.41, 5.74) is 1.48. The molecule has 1 aromatic carbocycles. The third kappa shape index (κ3) is 5.13. The molecule has 0 saturated carbocycles. The monoisotopic (exact) mass is 275 g/mol. The zero-order chi connectivity index (χ0) is 13.7. The molecule has 1 heterocycles. The molecule has 0 amide bonds. The van der Waals surface area contributed by atoms with Gasteiger partial charge in [0.25, 0.3) is 0 Å². The molecule has 0 fully saturated rings. The largest absolute Gasteiger partial charge is 0.468 e. The van der Waals surface area contributed by atoms with Crippen molar-refractivity contribution in [3.63, 3.8) is 0 Å². The van der Waals surface area contributed by atoms with Crippen LogP contribution >= 0.6 is 11.8 Å². The molecule has 0 aliphatic heterocycles. The van der Waals surface area contributed by atoms with Crippen LogP contribution in [0.25, 0.3) is 0 Å². The van der Waals surface area contributed by atoms with Crippen molar-refractivity contribution in [2.45, 2.75) is 43.5 Å². The average Bonchev–Trinajstić information content (AvgIpc) is 2.87. The summed E-state index contributed by atoms with van der Waals surface area (Å²) in [4.78, 5) is 1.27. The first-order chi connectivity index (χ1) is 9.03. The van der Waals surface area contributed by atoms with Crippen LogP contribution in [0.15, 0.2) is 52.0 Å². The van der Waals surface area contributed by atoms with Crippen molar-refractivity contribution in [2.24, 2.45) is 0 Å². The zero-order valence-electron chi connectivity index (χ0n) is 11.8. The molecule has 0 bridgehead atoms. The summed E-state index contributed by atoms with van der Waals surface area (Å²) in [5, 5.41) is 3.49. The van der Waals surface area contributed by atoms with Gasteiger partial charge in [-0.2, -0.15) is 0 Å². The van der Waals surface area contributed by atoms with E-state index in [9.17, 15) is 0 Å². The first-order valence-electron chi connectivity index (χ1n) is 6.52. The van der Waals surface area contributed by atoms with E-state index in [0.29, 0.717) is 0 Å². The fraction of sp³-hybridized carbons (Fsp3) is 0.375. The molecule has 19 heavy (non-hydrogen) atoms. The topological polar surface area (TPSA) is 25.2 Å². The first kappa shape index (κ1) is 14.2. The van der Waals surface area contributed by atoms with Gasteiger partial charge in [-0.1, -0.05) is 12.1 Å². The van der Waals surface area contributed by atoms with Crippen molar-refractivity contribution in [3.05, 3.63) is 54.0 Å². The highest BCUT2D eigenvalue weighted by molar-refractivity contribution is 7.98. The van der Waals surface area contributed by atoms with Gasteiger partial charge >= 0.3 is 0 Å². The standard InChI is InChI=1S/C16H21NOS/c1-16(2,3)17-11-13-6-8-15(9-7-13)19-12-14-5-4-10-18-14/h4-10,17H,11-12H2,1-3H3. The molecule has 1 aromatic heterocycles. The molecule has 3 heteroatoms. The summed E-state index contributed by atoms with van der Waals surface area (Å²) in [7, 11) is 0. The number of thioether (sulfide) groups is 1. The van der Waals surface area contributed by atoms with Crippen LogP contribution in [0.4, 0.5) is 0 Å². The fourth-order valence-corrected chi connectivity index (χ4v) is 2.42. The molecule has 2 aromatic rings. The summed E-state index contributed by atoms with van der Waals surface area (Å²) in [6.07, 6.45) is 1.72. The van der Waals surface area contributed by atoms with E-state index in [1.807, 2.05) is 12.1 Å².